The summed E-state index contributed by atoms with van der Waals surface area (Å²) in [6, 6.07) is 0. The Morgan fingerprint density at radius 3 is 2.50 bits per heavy atom. The Labute approximate surface area is 114 Å². The van der Waals surface area contributed by atoms with Gasteiger partial charge in [0.05, 0.1) is 0 Å². The van der Waals surface area contributed by atoms with Gasteiger partial charge in [0.2, 0.25) is 5.91 Å². The summed E-state index contributed by atoms with van der Waals surface area (Å²) >= 11 is 11.6. The highest BCUT2D eigenvalue weighted by Crippen LogP contribution is 2.64. The summed E-state index contributed by atoms with van der Waals surface area (Å²) in [6.07, 6.45) is 1.32. The molecule has 0 aromatic heterocycles. The molecule has 0 N–H and O–H groups in total. The summed E-state index contributed by atoms with van der Waals surface area (Å²) < 4.78 is 3.76. The van der Waals surface area contributed by atoms with E-state index < -0.39 is 28.2 Å². The van der Waals surface area contributed by atoms with Gasteiger partial charge in [0.1, 0.15) is 9.75 Å². The van der Waals surface area contributed by atoms with Crippen LogP contribution in [-0.2, 0) is 19.1 Å². The van der Waals surface area contributed by atoms with E-state index in [1.807, 2.05) is 0 Å². The van der Waals surface area contributed by atoms with Gasteiger partial charge in [0.15, 0.2) is 6.61 Å². The van der Waals surface area contributed by atoms with Crippen LogP contribution in [0.1, 0.15) is 26.2 Å². The van der Waals surface area contributed by atoms with Gasteiger partial charge in [-0.1, -0.05) is 0 Å². The third-order valence-corrected chi connectivity index (χ3v) is 4.51. The molecule has 2 amide bonds. The van der Waals surface area contributed by atoms with Crippen molar-refractivity contribution in [2.45, 2.75) is 30.5 Å². The molecule has 2 rings (SSSR count). The van der Waals surface area contributed by atoms with Crippen molar-refractivity contribution in [2.75, 3.05) is 13.2 Å². The molecule has 2 aliphatic rings. The van der Waals surface area contributed by atoms with Crippen LogP contribution >= 0.6 is 23.2 Å². The molecule has 0 aromatic rings. The van der Waals surface area contributed by atoms with E-state index in [2.05, 4.69) is 0 Å². The topological polar surface area (TPSA) is 63.7 Å². The summed E-state index contributed by atoms with van der Waals surface area (Å²) in [6.45, 7) is 1.53. The first kappa shape index (κ1) is 13.6. The van der Waals surface area contributed by atoms with Crippen LogP contribution in [0.15, 0.2) is 0 Å². The molecule has 0 aromatic carbocycles. The fourth-order valence-corrected chi connectivity index (χ4v) is 2.59. The molecule has 1 aliphatic heterocycles. The van der Waals surface area contributed by atoms with Gasteiger partial charge in [-0.15, -0.1) is 23.2 Å². The number of amides is 2. The molecule has 1 atom stereocenters. The maximum atomic E-state index is 11.7. The van der Waals surface area contributed by atoms with Crippen LogP contribution in [0, 0.1) is 5.41 Å². The number of nitrogens with zero attached hydrogens (tertiary/aromatic N) is 1. The Morgan fingerprint density at radius 2 is 2.06 bits per heavy atom. The Balaban J connectivity index is 1.84. The molecular weight excluding hydrogens is 281 g/mol. The molecule has 1 unspecified atom stereocenters. The number of rotatable bonds is 3. The Hall–Kier alpha value is -0.810. The molecule has 7 heteroatoms. The minimum absolute atomic E-state index is 0.224. The van der Waals surface area contributed by atoms with Crippen molar-refractivity contribution in [1.29, 1.82) is 0 Å². The standard InChI is InChI=1S/C11H13Cl2NO4/c1-10(6-11(10,12)13)9(17)18-5-8(16)14-4-2-3-7(14)15/h2-6H2,1H3. The maximum Gasteiger partial charge on any atom is 0.315 e. The molecule has 0 spiro atoms. The molecule has 1 saturated heterocycles. The van der Waals surface area contributed by atoms with E-state index in [0.29, 0.717) is 25.8 Å². The highest BCUT2D eigenvalue weighted by atomic mass is 35.5. The average molecular weight is 294 g/mol. The number of carbonyl (C=O) groups excluding carboxylic acids is 3. The number of halogens is 2. The Kier molecular flexibility index (Phi) is 3.32. The maximum absolute atomic E-state index is 11.7. The quantitative estimate of drug-likeness (QED) is 0.581. The van der Waals surface area contributed by atoms with E-state index in [0.717, 1.165) is 4.90 Å². The van der Waals surface area contributed by atoms with E-state index in [-0.39, 0.29) is 5.91 Å². The predicted molar refractivity (Wildman–Crippen MR) is 64.1 cm³/mol. The van der Waals surface area contributed by atoms with E-state index in [4.69, 9.17) is 27.9 Å². The summed E-state index contributed by atoms with van der Waals surface area (Å²) in [5.41, 5.74) is -0.953. The van der Waals surface area contributed by atoms with Gasteiger partial charge in [-0.2, -0.15) is 0 Å². The molecule has 5 nitrogen and oxygen atoms in total. The minimum Gasteiger partial charge on any atom is -0.455 e. The fourth-order valence-electron chi connectivity index (χ4n) is 1.90. The van der Waals surface area contributed by atoms with Crippen molar-refractivity contribution in [3.63, 3.8) is 0 Å². The van der Waals surface area contributed by atoms with Gasteiger partial charge in [0.25, 0.3) is 5.91 Å². The number of esters is 1. The van der Waals surface area contributed by atoms with Crippen molar-refractivity contribution < 1.29 is 19.1 Å². The normalized spacial score (nSPS) is 29.3. The number of carbonyl (C=O) groups is 3. The number of hydrogen-bond acceptors (Lipinski definition) is 4. The van der Waals surface area contributed by atoms with Crippen LogP contribution in [0.25, 0.3) is 0 Å². The molecular formula is C11H13Cl2NO4. The number of ether oxygens (including phenoxy) is 1. The number of hydrogen-bond donors (Lipinski definition) is 0. The first-order chi connectivity index (χ1) is 8.28. The fraction of sp³-hybridized carbons (Fsp3) is 0.727. The third-order valence-electron chi connectivity index (χ3n) is 3.41. The summed E-state index contributed by atoms with van der Waals surface area (Å²) in [4.78, 5) is 35.7. The van der Waals surface area contributed by atoms with Gasteiger partial charge >= 0.3 is 5.97 Å². The largest absolute Gasteiger partial charge is 0.455 e. The number of imide groups is 1. The van der Waals surface area contributed by atoms with E-state index in [9.17, 15) is 14.4 Å². The van der Waals surface area contributed by atoms with Crippen LogP contribution in [0.5, 0.6) is 0 Å². The molecule has 18 heavy (non-hydrogen) atoms. The lowest BCUT2D eigenvalue weighted by atomic mass is 10.1. The zero-order chi connectivity index (χ0) is 13.6. The van der Waals surface area contributed by atoms with Crippen molar-refractivity contribution in [2.24, 2.45) is 5.41 Å². The van der Waals surface area contributed by atoms with Gasteiger partial charge in [-0.25, -0.2) is 0 Å². The van der Waals surface area contributed by atoms with Crippen LogP contribution in [0.3, 0.4) is 0 Å². The lowest BCUT2D eigenvalue weighted by Gasteiger charge is -2.15. The van der Waals surface area contributed by atoms with Crippen molar-refractivity contribution in [3.8, 4) is 0 Å². The van der Waals surface area contributed by atoms with Gasteiger partial charge in [-0.3, -0.25) is 19.3 Å². The summed E-state index contributed by atoms with van der Waals surface area (Å²) in [7, 11) is 0. The number of likely N-dealkylation sites (tertiary alicyclic amines) is 1. The third kappa shape index (κ3) is 2.21. The monoisotopic (exact) mass is 293 g/mol. The lowest BCUT2D eigenvalue weighted by molar-refractivity contribution is -0.158. The van der Waals surface area contributed by atoms with Crippen molar-refractivity contribution in [1.82, 2.24) is 4.90 Å². The lowest BCUT2D eigenvalue weighted by Crippen LogP contribution is -2.36. The molecule has 2 fully saturated rings. The smallest absolute Gasteiger partial charge is 0.315 e. The highest BCUT2D eigenvalue weighted by Gasteiger charge is 2.69. The molecule has 100 valence electrons. The van der Waals surface area contributed by atoms with Crippen LogP contribution < -0.4 is 0 Å². The van der Waals surface area contributed by atoms with Gasteiger partial charge < -0.3 is 4.74 Å². The highest BCUT2D eigenvalue weighted by molar-refractivity contribution is 6.53. The zero-order valence-electron chi connectivity index (χ0n) is 9.87. The second-order valence-corrected chi connectivity index (χ2v) is 6.32. The predicted octanol–water partition coefficient (Wildman–Crippen LogP) is 1.26. The van der Waals surface area contributed by atoms with Gasteiger partial charge in [-0.05, 0) is 13.3 Å². The molecule has 1 aliphatic carbocycles. The summed E-state index contributed by atoms with van der Waals surface area (Å²) in [5, 5.41) is 0. The van der Waals surface area contributed by atoms with Gasteiger partial charge in [0, 0.05) is 19.4 Å². The minimum atomic E-state index is -1.11. The average Bonchev–Trinajstić information content (AvgIpc) is 2.61. The van der Waals surface area contributed by atoms with Crippen molar-refractivity contribution >= 4 is 41.0 Å². The zero-order valence-corrected chi connectivity index (χ0v) is 11.4. The second-order valence-electron chi connectivity index (χ2n) is 4.83. The number of alkyl halides is 2. The van der Waals surface area contributed by atoms with Crippen molar-refractivity contribution in [3.05, 3.63) is 0 Å². The molecule has 0 radical (unpaired) electrons. The molecule has 0 bridgehead atoms. The Bertz CT molecular complexity index is 423. The SMILES string of the molecule is CC1(C(=O)OCC(=O)N2CCCC2=O)CC1(Cl)Cl. The van der Waals surface area contributed by atoms with E-state index in [1.165, 1.54) is 0 Å². The summed E-state index contributed by atoms with van der Waals surface area (Å²) in [5.74, 6) is -1.32. The van der Waals surface area contributed by atoms with E-state index >= 15 is 0 Å². The van der Waals surface area contributed by atoms with Crippen LogP contribution in [0.4, 0.5) is 0 Å². The second kappa shape index (κ2) is 4.38. The first-order valence-corrected chi connectivity index (χ1v) is 6.42. The first-order valence-electron chi connectivity index (χ1n) is 5.66. The van der Waals surface area contributed by atoms with Crippen LogP contribution in [0.2, 0.25) is 0 Å². The van der Waals surface area contributed by atoms with E-state index in [1.54, 1.807) is 6.92 Å². The molecule has 1 saturated carbocycles. The molecule has 1 heterocycles. The van der Waals surface area contributed by atoms with Crippen LogP contribution in [-0.4, -0.2) is 40.2 Å². The Morgan fingerprint density at radius 1 is 1.44 bits per heavy atom.